The fourth-order valence-electron chi connectivity index (χ4n) is 1.51. The summed E-state index contributed by atoms with van der Waals surface area (Å²) in [5.41, 5.74) is -0.205. The van der Waals surface area contributed by atoms with Crippen molar-refractivity contribution in [1.82, 2.24) is 14.8 Å². The number of carboxylic acid groups (broad SMARTS) is 1. The van der Waals surface area contributed by atoms with E-state index in [1.54, 1.807) is 6.07 Å². The number of hydrogen-bond acceptors (Lipinski definition) is 6. The van der Waals surface area contributed by atoms with Crippen LogP contribution in [0.15, 0.2) is 29.4 Å². The molecule has 2 heterocycles. The first kappa shape index (κ1) is 14.5. The van der Waals surface area contributed by atoms with Gasteiger partial charge in [0.1, 0.15) is 22.2 Å². The highest BCUT2D eigenvalue weighted by Crippen LogP contribution is 2.19. The van der Waals surface area contributed by atoms with Gasteiger partial charge in [0.05, 0.1) is 6.20 Å². The van der Waals surface area contributed by atoms with Gasteiger partial charge < -0.3 is 5.11 Å². The summed E-state index contributed by atoms with van der Waals surface area (Å²) in [6, 6.07) is 4.21. The maximum atomic E-state index is 12.2. The smallest absolute Gasteiger partial charge is 0.341 e. The molecular formula is C11H9N5O4S. The molecule has 0 saturated carbocycles. The minimum absolute atomic E-state index is 0.0701. The maximum absolute atomic E-state index is 12.2. The number of carbonyl (C=O) groups is 1. The topological polar surface area (TPSA) is 138 Å². The molecule has 2 N–H and O–H groups in total. The molecule has 2 rings (SSSR count). The summed E-state index contributed by atoms with van der Waals surface area (Å²) < 4.78 is 27.6. The van der Waals surface area contributed by atoms with Gasteiger partial charge in [-0.3, -0.25) is 9.40 Å². The van der Waals surface area contributed by atoms with Crippen molar-refractivity contribution in [2.75, 3.05) is 4.72 Å². The normalized spacial score (nSPS) is 10.9. The number of rotatable bonds is 4. The van der Waals surface area contributed by atoms with Crippen molar-refractivity contribution in [3.63, 3.8) is 0 Å². The van der Waals surface area contributed by atoms with Gasteiger partial charge in [-0.05, 0) is 12.1 Å². The molecule has 108 valence electrons. The molecule has 0 aromatic carbocycles. The summed E-state index contributed by atoms with van der Waals surface area (Å²) >= 11 is 0. The molecule has 0 amide bonds. The Morgan fingerprint density at radius 3 is 2.67 bits per heavy atom. The zero-order valence-corrected chi connectivity index (χ0v) is 11.5. The predicted octanol–water partition coefficient (Wildman–Crippen LogP) is 0.186. The van der Waals surface area contributed by atoms with E-state index in [0.29, 0.717) is 0 Å². The number of nitrogens with zero attached hydrogens (tertiary/aromatic N) is 4. The fourth-order valence-corrected chi connectivity index (χ4v) is 2.56. The Hall–Kier alpha value is -2.93. The minimum Gasteiger partial charge on any atom is -0.477 e. The highest BCUT2D eigenvalue weighted by atomic mass is 32.2. The number of sulfonamides is 1. The van der Waals surface area contributed by atoms with Crippen molar-refractivity contribution >= 4 is 21.8 Å². The van der Waals surface area contributed by atoms with E-state index in [4.69, 9.17) is 10.4 Å². The second-order valence-corrected chi connectivity index (χ2v) is 5.61. The first-order chi connectivity index (χ1) is 9.85. The van der Waals surface area contributed by atoms with Gasteiger partial charge in [0.25, 0.3) is 10.0 Å². The predicted molar refractivity (Wildman–Crippen MR) is 69.9 cm³/mol. The van der Waals surface area contributed by atoms with Gasteiger partial charge in [-0.15, -0.1) is 0 Å². The largest absolute Gasteiger partial charge is 0.477 e. The molecule has 0 bridgehead atoms. The van der Waals surface area contributed by atoms with E-state index in [2.05, 4.69) is 14.8 Å². The van der Waals surface area contributed by atoms with E-state index in [1.165, 1.54) is 19.2 Å². The van der Waals surface area contributed by atoms with Crippen LogP contribution in [-0.4, -0.2) is 34.3 Å². The summed E-state index contributed by atoms with van der Waals surface area (Å²) in [4.78, 5) is 14.5. The van der Waals surface area contributed by atoms with Gasteiger partial charge in [0, 0.05) is 13.2 Å². The van der Waals surface area contributed by atoms with Crippen LogP contribution in [0, 0.1) is 11.3 Å². The highest BCUT2D eigenvalue weighted by Gasteiger charge is 2.22. The molecule has 0 fully saturated rings. The van der Waals surface area contributed by atoms with Crippen molar-refractivity contribution in [3.05, 3.63) is 35.8 Å². The molecule has 2 aromatic heterocycles. The van der Waals surface area contributed by atoms with Crippen LogP contribution in [0.3, 0.4) is 0 Å². The van der Waals surface area contributed by atoms with Gasteiger partial charge in [0.15, 0.2) is 5.82 Å². The number of aromatic nitrogens is 3. The van der Waals surface area contributed by atoms with Gasteiger partial charge in [-0.1, -0.05) is 0 Å². The number of pyridine rings is 1. The van der Waals surface area contributed by atoms with Crippen LogP contribution in [0.25, 0.3) is 0 Å². The SMILES string of the molecule is Cn1ncc(C(=O)O)c1NS(=O)(=O)c1ccc(C#N)nc1. The van der Waals surface area contributed by atoms with Crippen LogP contribution in [0.2, 0.25) is 0 Å². The van der Waals surface area contributed by atoms with Crippen molar-refractivity contribution in [2.24, 2.45) is 7.05 Å². The van der Waals surface area contributed by atoms with Crippen LogP contribution in [-0.2, 0) is 17.1 Å². The van der Waals surface area contributed by atoms with Crippen molar-refractivity contribution in [1.29, 1.82) is 5.26 Å². The zero-order chi connectivity index (χ0) is 15.6. The highest BCUT2D eigenvalue weighted by molar-refractivity contribution is 7.92. The second kappa shape index (κ2) is 5.22. The molecule has 0 saturated heterocycles. The molecule has 0 spiro atoms. The molecular weight excluding hydrogens is 298 g/mol. The lowest BCUT2D eigenvalue weighted by molar-refractivity contribution is 0.0698. The van der Waals surface area contributed by atoms with Gasteiger partial charge in [-0.2, -0.15) is 10.4 Å². The standard InChI is InChI=1S/C11H9N5O4S/c1-16-10(9(6-14-16)11(17)18)15-21(19,20)8-3-2-7(4-12)13-5-8/h2-3,5-6,15H,1H3,(H,17,18). The van der Waals surface area contributed by atoms with Gasteiger partial charge in [-0.25, -0.2) is 18.2 Å². The lowest BCUT2D eigenvalue weighted by Crippen LogP contribution is -2.17. The van der Waals surface area contributed by atoms with Crippen LogP contribution in [0.1, 0.15) is 16.1 Å². The Morgan fingerprint density at radius 1 is 1.43 bits per heavy atom. The van der Waals surface area contributed by atoms with E-state index >= 15 is 0 Å². The molecule has 0 aliphatic heterocycles. The number of aryl methyl sites for hydroxylation is 1. The second-order valence-electron chi connectivity index (χ2n) is 3.93. The Balaban J connectivity index is 2.40. The molecule has 21 heavy (non-hydrogen) atoms. The zero-order valence-electron chi connectivity index (χ0n) is 10.7. The third-order valence-corrected chi connectivity index (χ3v) is 3.89. The molecule has 10 heteroatoms. The first-order valence-electron chi connectivity index (χ1n) is 5.49. The summed E-state index contributed by atoms with van der Waals surface area (Å²) in [6.45, 7) is 0. The average molecular weight is 307 g/mol. The summed E-state index contributed by atoms with van der Waals surface area (Å²) in [5.74, 6) is -1.48. The first-order valence-corrected chi connectivity index (χ1v) is 6.97. The van der Waals surface area contributed by atoms with Crippen molar-refractivity contribution < 1.29 is 18.3 Å². The van der Waals surface area contributed by atoms with Gasteiger partial charge >= 0.3 is 5.97 Å². The molecule has 2 aromatic rings. The molecule has 0 atom stereocenters. The van der Waals surface area contributed by atoms with E-state index in [9.17, 15) is 13.2 Å². The van der Waals surface area contributed by atoms with Crippen LogP contribution < -0.4 is 4.72 Å². The lowest BCUT2D eigenvalue weighted by Gasteiger charge is -2.08. The van der Waals surface area contributed by atoms with Crippen molar-refractivity contribution in [2.45, 2.75) is 4.90 Å². The van der Waals surface area contributed by atoms with E-state index < -0.39 is 16.0 Å². The van der Waals surface area contributed by atoms with Crippen LogP contribution in [0.4, 0.5) is 5.82 Å². The maximum Gasteiger partial charge on any atom is 0.341 e. The van der Waals surface area contributed by atoms with E-state index in [-0.39, 0.29) is 22.0 Å². The number of hydrogen-bond donors (Lipinski definition) is 2. The molecule has 9 nitrogen and oxygen atoms in total. The summed E-state index contributed by atoms with van der Waals surface area (Å²) in [7, 11) is -2.63. The van der Waals surface area contributed by atoms with Crippen LogP contribution >= 0.6 is 0 Å². The number of anilines is 1. The molecule has 0 aliphatic rings. The number of aromatic carboxylic acids is 1. The van der Waals surface area contributed by atoms with Gasteiger partial charge in [0.2, 0.25) is 0 Å². The number of nitriles is 1. The third kappa shape index (κ3) is 2.82. The Labute approximate surface area is 119 Å². The van der Waals surface area contributed by atoms with E-state index in [0.717, 1.165) is 17.1 Å². The minimum atomic E-state index is -4.03. The number of nitrogens with one attached hydrogen (secondary N) is 1. The summed E-state index contributed by atoms with van der Waals surface area (Å²) in [6.07, 6.45) is 2.05. The number of carboxylic acids is 1. The summed E-state index contributed by atoms with van der Waals surface area (Å²) in [5, 5.41) is 21.3. The van der Waals surface area contributed by atoms with Crippen molar-refractivity contribution in [3.8, 4) is 6.07 Å². The Morgan fingerprint density at radius 2 is 2.14 bits per heavy atom. The Bertz CT molecular complexity index is 832. The lowest BCUT2D eigenvalue weighted by atomic mass is 10.3. The average Bonchev–Trinajstić information content (AvgIpc) is 2.80. The third-order valence-electron chi connectivity index (χ3n) is 2.56. The van der Waals surface area contributed by atoms with E-state index in [1.807, 2.05) is 0 Å². The monoisotopic (exact) mass is 307 g/mol. The van der Waals surface area contributed by atoms with Crippen LogP contribution in [0.5, 0.6) is 0 Å². The molecule has 0 unspecified atom stereocenters. The fraction of sp³-hybridized carbons (Fsp3) is 0.0909. The Kier molecular flexibility index (Phi) is 3.60. The molecule has 0 aliphatic carbocycles. The quantitative estimate of drug-likeness (QED) is 0.821. The molecule has 0 radical (unpaired) electrons.